The maximum atomic E-state index is 5.82. The minimum absolute atomic E-state index is 0.0437. The van der Waals surface area contributed by atoms with Crippen LogP contribution >= 0.6 is 0 Å². The molecular formula is C20H29N3O3. The average molecular weight is 359 g/mol. The van der Waals surface area contributed by atoms with Gasteiger partial charge in [0.25, 0.3) is 0 Å². The molecule has 0 N–H and O–H groups in total. The van der Waals surface area contributed by atoms with Gasteiger partial charge in [-0.15, -0.1) is 0 Å². The largest absolute Gasteiger partial charge is 0.497 e. The van der Waals surface area contributed by atoms with Crippen molar-refractivity contribution in [1.29, 1.82) is 0 Å². The second kappa shape index (κ2) is 6.56. The van der Waals surface area contributed by atoms with Gasteiger partial charge < -0.3 is 14.2 Å². The molecule has 0 saturated heterocycles. The van der Waals surface area contributed by atoms with Crippen molar-refractivity contribution >= 4 is 11.8 Å². The molecule has 2 aliphatic rings. The number of ether oxygens (including phenoxy) is 3. The molecule has 0 amide bonds. The van der Waals surface area contributed by atoms with Crippen LogP contribution in [0.25, 0.3) is 0 Å². The lowest BCUT2D eigenvalue weighted by molar-refractivity contribution is 0.235. The van der Waals surface area contributed by atoms with Crippen molar-refractivity contribution in [2.24, 2.45) is 20.8 Å². The zero-order valence-electron chi connectivity index (χ0n) is 16.8. The summed E-state index contributed by atoms with van der Waals surface area (Å²) >= 11 is 0. The normalized spacial score (nSPS) is 23.2. The van der Waals surface area contributed by atoms with Crippen molar-refractivity contribution < 1.29 is 14.2 Å². The predicted molar refractivity (Wildman–Crippen MR) is 102 cm³/mol. The molecular weight excluding hydrogens is 330 g/mol. The third kappa shape index (κ3) is 3.84. The monoisotopic (exact) mass is 359 g/mol. The zero-order valence-corrected chi connectivity index (χ0v) is 16.8. The summed E-state index contributed by atoms with van der Waals surface area (Å²) in [4.78, 5) is 14.1. The Morgan fingerprint density at radius 3 is 1.58 bits per heavy atom. The van der Waals surface area contributed by atoms with Gasteiger partial charge in [0.1, 0.15) is 30.4 Å². The number of hydrogen-bond acceptors (Lipinski definition) is 6. The molecule has 2 atom stereocenters. The summed E-state index contributed by atoms with van der Waals surface area (Å²) in [5.41, 5.74) is 1.39. The molecule has 0 fully saturated rings. The first-order valence-corrected chi connectivity index (χ1v) is 9.06. The fraction of sp³-hybridized carbons (Fsp3) is 0.650. The number of hydrogen-bond donors (Lipinski definition) is 0. The zero-order chi connectivity index (χ0) is 19.1. The first-order valence-electron chi connectivity index (χ1n) is 9.06. The molecule has 1 aromatic rings. The van der Waals surface area contributed by atoms with Crippen molar-refractivity contribution in [2.45, 2.75) is 53.6 Å². The molecule has 3 heterocycles. The highest BCUT2D eigenvalue weighted by atomic mass is 16.5. The van der Waals surface area contributed by atoms with Gasteiger partial charge in [0.2, 0.25) is 11.8 Å². The second-order valence-corrected chi connectivity index (χ2v) is 9.03. The summed E-state index contributed by atoms with van der Waals surface area (Å²) < 4.78 is 17.1. The Morgan fingerprint density at radius 1 is 0.846 bits per heavy atom. The SMILES string of the molecule is COc1cc(C2=N[C@@H](C(C)(C)C)CO2)nc(C2=N[C@@H](C(C)(C)C)CO2)c1. The van der Waals surface area contributed by atoms with E-state index in [1.165, 1.54) is 0 Å². The highest BCUT2D eigenvalue weighted by Gasteiger charge is 2.33. The molecule has 0 bridgehead atoms. The molecule has 0 aliphatic carbocycles. The van der Waals surface area contributed by atoms with E-state index in [0.29, 0.717) is 42.1 Å². The molecule has 2 aliphatic heterocycles. The smallest absolute Gasteiger partial charge is 0.235 e. The van der Waals surface area contributed by atoms with Crippen molar-refractivity contribution in [3.05, 3.63) is 23.5 Å². The van der Waals surface area contributed by atoms with E-state index in [1.807, 2.05) is 12.1 Å². The van der Waals surface area contributed by atoms with Gasteiger partial charge in [-0.2, -0.15) is 0 Å². The Hall–Kier alpha value is -2.11. The molecule has 1 aromatic heterocycles. The predicted octanol–water partition coefficient (Wildman–Crippen LogP) is 3.47. The summed E-state index contributed by atoms with van der Waals surface area (Å²) in [7, 11) is 1.63. The molecule has 6 nitrogen and oxygen atoms in total. The highest BCUT2D eigenvalue weighted by molar-refractivity contribution is 5.98. The number of aromatic nitrogens is 1. The number of aliphatic imine (C=N–C) groups is 2. The van der Waals surface area contributed by atoms with E-state index < -0.39 is 0 Å². The van der Waals surface area contributed by atoms with Crippen LogP contribution in [0, 0.1) is 10.8 Å². The molecule has 3 rings (SSSR count). The lowest BCUT2D eigenvalue weighted by Crippen LogP contribution is -2.25. The first kappa shape index (κ1) is 18.7. The molecule has 0 aromatic carbocycles. The Bertz CT molecular complexity index is 683. The molecule has 0 unspecified atom stereocenters. The average Bonchev–Trinajstić information content (AvgIpc) is 3.22. The number of nitrogens with zero attached hydrogens (tertiary/aromatic N) is 3. The van der Waals surface area contributed by atoms with Crippen molar-refractivity contribution in [1.82, 2.24) is 4.98 Å². The van der Waals surface area contributed by atoms with Gasteiger partial charge >= 0.3 is 0 Å². The van der Waals surface area contributed by atoms with Gasteiger partial charge in [0.05, 0.1) is 19.2 Å². The Morgan fingerprint density at radius 2 is 1.27 bits per heavy atom. The highest BCUT2D eigenvalue weighted by Crippen LogP contribution is 2.30. The van der Waals surface area contributed by atoms with Crippen molar-refractivity contribution in [3.63, 3.8) is 0 Å². The van der Waals surface area contributed by atoms with Crippen LogP contribution in [0.5, 0.6) is 5.75 Å². The van der Waals surface area contributed by atoms with Gasteiger partial charge in [0.15, 0.2) is 0 Å². The van der Waals surface area contributed by atoms with E-state index in [-0.39, 0.29) is 22.9 Å². The minimum atomic E-state index is 0.0437. The van der Waals surface area contributed by atoms with E-state index in [2.05, 4.69) is 46.5 Å². The molecule has 0 spiro atoms. The van der Waals surface area contributed by atoms with Crippen LogP contribution in [0.1, 0.15) is 52.9 Å². The first-order chi connectivity index (χ1) is 12.1. The summed E-state index contributed by atoms with van der Waals surface area (Å²) in [6.07, 6.45) is 0. The molecule has 142 valence electrons. The maximum absolute atomic E-state index is 5.82. The molecule has 6 heteroatoms. The Balaban J connectivity index is 1.94. The van der Waals surface area contributed by atoms with Crippen LogP contribution < -0.4 is 4.74 Å². The third-order valence-electron chi connectivity index (χ3n) is 4.77. The summed E-state index contributed by atoms with van der Waals surface area (Å²) in [5.74, 6) is 1.79. The van der Waals surface area contributed by atoms with E-state index >= 15 is 0 Å². The number of rotatable bonds is 3. The standard InChI is InChI=1S/C20H29N3O3/c1-19(2,3)15-10-25-17(22-15)13-8-12(24-7)9-14(21-13)18-23-16(11-26-18)20(4,5)6/h8-9,15-16H,10-11H2,1-7H3/t15-,16-/m1/s1. The lowest BCUT2D eigenvalue weighted by atomic mass is 9.88. The van der Waals surface area contributed by atoms with E-state index in [1.54, 1.807) is 7.11 Å². The Kier molecular flexibility index (Phi) is 4.71. The Labute approximate surface area is 155 Å². The van der Waals surface area contributed by atoms with Gasteiger partial charge in [-0.25, -0.2) is 15.0 Å². The van der Waals surface area contributed by atoms with Crippen LogP contribution in [0.4, 0.5) is 0 Å². The quantitative estimate of drug-likeness (QED) is 0.829. The van der Waals surface area contributed by atoms with Gasteiger partial charge in [-0.1, -0.05) is 41.5 Å². The molecule has 0 radical (unpaired) electrons. The van der Waals surface area contributed by atoms with Crippen molar-refractivity contribution in [2.75, 3.05) is 20.3 Å². The van der Waals surface area contributed by atoms with E-state index in [0.717, 1.165) is 0 Å². The van der Waals surface area contributed by atoms with Gasteiger partial charge in [-0.3, -0.25) is 0 Å². The number of methoxy groups -OCH3 is 1. The lowest BCUT2D eigenvalue weighted by Gasteiger charge is -2.21. The van der Waals surface area contributed by atoms with Gasteiger partial charge in [-0.05, 0) is 10.8 Å². The molecule has 26 heavy (non-hydrogen) atoms. The number of pyridine rings is 1. The van der Waals surface area contributed by atoms with Crippen LogP contribution in [-0.4, -0.2) is 49.2 Å². The molecule has 0 saturated carbocycles. The van der Waals surface area contributed by atoms with Crippen LogP contribution in [0.3, 0.4) is 0 Å². The summed E-state index contributed by atoms with van der Waals surface area (Å²) in [5, 5.41) is 0. The maximum Gasteiger partial charge on any atom is 0.235 e. The van der Waals surface area contributed by atoms with E-state index in [4.69, 9.17) is 24.2 Å². The summed E-state index contributed by atoms with van der Waals surface area (Å²) in [6, 6.07) is 3.90. The fourth-order valence-corrected chi connectivity index (χ4v) is 2.76. The van der Waals surface area contributed by atoms with Crippen molar-refractivity contribution in [3.8, 4) is 5.75 Å². The second-order valence-electron chi connectivity index (χ2n) is 9.03. The van der Waals surface area contributed by atoms with Crippen LogP contribution in [-0.2, 0) is 9.47 Å². The van der Waals surface area contributed by atoms with Crippen LogP contribution in [0.2, 0.25) is 0 Å². The topological polar surface area (TPSA) is 65.3 Å². The third-order valence-corrected chi connectivity index (χ3v) is 4.77. The fourth-order valence-electron chi connectivity index (χ4n) is 2.76. The summed E-state index contributed by atoms with van der Waals surface area (Å²) in [6.45, 7) is 14.1. The van der Waals surface area contributed by atoms with Gasteiger partial charge in [0, 0.05) is 12.1 Å². The van der Waals surface area contributed by atoms with Crippen LogP contribution in [0.15, 0.2) is 22.1 Å². The van der Waals surface area contributed by atoms with E-state index in [9.17, 15) is 0 Å². The minimum Gasteiger partial charge on any atom is -0.497 e.